The van der Waals surface area contributed by atoms with Crippen molar-refractivity contribution < 1.29 is 19.1 Å². The molecule has 2 aromatic rings. The molecule has 1 aliphatic rings. The summed E-state index contributed by atoms with van der Waals surface area (Å²) >= 11 is 5.10. The van der Waals surface area contributed by atoms with Gasteiger partial charge in [0.25, 0.3) is 0 Å². The second-order valence-electron chi connectivity index (χ2n) is 6.44. The molecule has 3 atom stereocenters. The molecule has 0 aromatic heterocycles. The summed E-state index contributed by atoms with van der Waals surface area (Å²) in [5.74, 6) is -4.96. The fraction of sp³-hybridized carbons (Fsp3) is 0.190. The minimum absolute atomic E-state index is 0.159. The summed E-state index contributed by atoms with van der Waals surface area (Å²) in [5.41, 5.74) is -1.27. The van der Waals surface area contributed by atoms with E-state index >= 15 is 0 Å². The number of hydrogen-bond acceptors (Lipinski definition) is 6. The maximum Gasteiger partial charge on any atom is 0.334 e. The summed E-state index contributed by atoms with van der Waals surface area (Å²) in [4.78, 5) is 39.3. The van der Waals surface area contributed by atoms with Gasteiger partial charge in [-0.2, -0.15) is 5.26 Å². The molecule has 8 heteroatoms. The minimum atomic E-state index is -2.03. The number of methoxy groups -OCH3 is 1. The molecule has 7 nitrogen and oxygen atoms in total. The second kappa shape index (κ2) is 8.20. The van der Waals surface area contributed by atoms with Crippen LogP contribution in [0.25, 0.3) is 0 Å². The Morgan fingerprint density at radius 1 is 1.14 bits per heavy atom. The molecule has 0 bridgehead atoms. The van der Waals surface area contributed by atoms with E-state index in [1.54, 1.807) is 60.7 Å². The summed E-state index contributed by atoms with van der Waals surface area (Å²) in [6.45, 7) is 0. The molecule has 0 saturated carbocycles. The van der Waals surface area contributed by atoms with Gasteiger partial charge in [0.2, 0.25) is 5.91 Å². The molecule has 29 heavy (non-hydrogen) atoms. The van der Waals surface area contributed by atoms with E-state index in [-0.39, 0.29) is 5.11 Å². The number of rotatable bonds is 5. The van der Waals surface area contributed by atoms with Crippen LogP contribution in [-0.2, 0) is 14.3 Å². The highest BCUT2D eigenvalue weighted by atomic mass is 32.1. The van der Waals surface area contributed by atoms with Crippen molar-refractivity contribution in [2.45, 2.75) is 11.5 Å². The Kier molecular flexibility index (Phi) is 5.71. The van der Waals surface area contributed by atoms with Crippen LogP contribution in [0.5, 0.6) is 0 Å². The lowest BCUT2D eigenvalue weighted by Gasteiger charge is -2.43. The molecule has 1 amide bonds. The quantitative estimate of drug-likeness (QED) is 0.441. The van der Waals surface area contributed by atoms with E-state index in [2.05, 4.69) is 10.6 Å². The summed E-state index contributed by atoms with van der Waals surface area (Å²) in [6, 6.07) is 18.7. The lowest BCUT2D eigenvalue weighted by molar-refractivity contribution is -0.153. The fourth-order valence-corrected chi connectivity index (χ4v) is 3.84. The van der Waals surface area contributed by atoms with E-state index in [0.29, 0.717) is 11.1 Å². The molecule has 1 aliphatic heterocycles. The molecule has 146 valence electrons. The van der Waals surface area contributed by atoms with Crippen molar-refractivity contribution in [2.24, 2.45) is 5.92 Å². The number of amides is 1. The number of nitrogens with one attached hydrogen (secondary N) is 2. The number of nitrogens with zero attached hydrogens (tertiary/aromatic N) is 1. The van der Waals surface area contributed by atoms with Crippen LogP contribution in [0.1, 0.15) is 21.8 Å². The summed E-state index contributed by atoms with van der Waals surface area (Å²) in [5, 5.41) is 14.7. The van der Waals surface area contributed by atoms with Gasteiger partial charge < -0.3 is 15.4 Å². The third-order valence-corrected chi connectivity index (χ3v) is 5.04. The summed E-state index contributed by atoms with van der Waals surface area (Å²) < 4.78 is 4.97. The highest BCUT2D eigenvalue weighted by Gasteiger charge is 2.61. The SMILES string of the molecule is COC(=O)C1(C(C(=O)c2ccccc2)c2ccccc2)NC(=S)NC(=O)C1C#N. The molecule has 2 aromatic carbocycles. The van der Waals surface area contributed by atoms with Crippen LogP contribution in [0, 0.1) is 17.2 Å². The first-order valence-corrected chi connectivity index (χ1v) is 9.11. The zero-order chi connectivity index (χ0) is 21.0. The van der Waals surface area contributed by atoms with Crippen molar-refractivity contribution in [1.82, 2.24) is 10.6 Å². The van der Waals surface area contributed by atoms with E-state index in [1.165, 1.54) is 0 Å². The Balaban J connectivity index is 2.31. The van der Waals surface area contributed by atoms with Crippen LogP contribution in [0.2, 0.25) is 0 Å². The third-order valence-electron chi connectivity index (χ3n) is 4.84. The molecule has 1 fully saturated rings. The van der Waals surface area contributed by atoms with Gasteiger partial charge in [-0.3, -0.25) is 9.59 Å². The first kappa shape index (κ1) is 20.2. The predicted octanol–water partition coefficient (Wildman–Crippen LogP) is 1.71. The summed E-state index contributed by atoms with van der Waals surface area (Å²) in [7, 11) is 1.13. The zero-order valence-electron chi connectivity index (χ0n) is 15.4. The topological polar surface area (TPSA) is 108 Å². The normalized spacial score (nSPS) is 21.9. The molecule has 0 aliphatic carbocycles. The second-order valence-corrected chi connectivity index (χ2v) is 6.85. The number of ketones is 1. The van der Waals surface area contributed by atoms with Crippen molar-refractivity contribution >= 4 is 35.0 Å². The van der Waals surface area contributed by atoms with Crippen molar-refractivity contribution in [1.29, 1.82) is 5.26 Å². The number of esters is 1. The van der Waals surface area contributed by atoms with Crippen LogP contribution in [0.4, 0.5) is 0 Å². The molecule has 3 rings (SSSR count). The van der Waals surface area contributed by atoms with Crippen molar-refractivity contribution in [2.75, 3.05) is 7.11 Å². The number of carbonyl (C=O) groups excluding carboxylic acids is 3. The maximum absolute atomic E-state index is 13.6. The average molecular weight is 407 g/mol. The van der Waals surface area contributed by atoms with Gasteiger partial charge in [-0.25, -0.2) is 4.79 Å². The van der Waals surface area contributed by atoms with Crippen LogP contribution in [0.3, 0.4) is 0 Å². The van der Waals surface area contributed by atoms with E-state index in [9.17, 15) is 19.6 Å². The number of thiocarbonyl (C=S) groups is 1. The first-order valence-electron chi connectivity index (χ1n) is 8.71. The van der Waals surface area contributed by atoms with Gasteiger partial charge in [0, 0.05) is 5.56 Å². The number of nitriles is 1. The lowest BCUT2D eigenvalue weighted by atomic mass is 9.67. The van der Waals surface area contributed by atoms with Crippen molar-refractivity contribution in [3.63, 3.8) is 0 Å². The number of Topliss-reactive ketones (excluding diaryl/α,β-unsaturated/α-hetero) is 1. The minimum Gasteiger partial charge on any atom is -0.467 e. The highest BCUT2D eigenvalue weighted by molar-refractivity contribution is 7.80. The zero-order valence-corrected chi connectivity index (χ0v) is 16.2. The number of carbonyl (C=O) groups is 3. The monoisotopic (exact) mass is 407 g/mol. The van der Waals surface area contributed by atoms with Gasteiger partial charge in [-0.15, -0.1) is 0 Å². The molecule has 3 unspecified atom stereocenters. The van der Waals surface area contributed by atoms with Gasteiger partial charge in [0.05, 0.1) is 19.1 Å². The molecule has 0 radical (unpaired) electrons. The molecular formula is C21H17N3O4S. The highest BCUT2D eigenvalue weighted by Crippen LogP contribution is 2.39. The van der Waals surface area contributed by atoms with E-state index < -0.39 is 35.0 Å². The predicted molar refractivity (Wildman–Crippen MR) is 108 cm³/mol. The van der Waals surface area contributed by atoms with Gasteiger partial charge in [-0.05, 0) is 17.8 Å². The van der Waals surface area contributed by atoms with E-state index in [4.69, 9.17) is 17.0 Å². The van der Waals surface area contributed by atoms with Crippen molar-refractivity contribution in [3.8, 4) is 6.07 Å². The van der Waals surface area contributed by atoms with E-state index in [1.807, 2.05) is 6.07 Å². The Labute approximate surface area is 172 Å². The molecule has 1 saturated heterocycles. The average Bonchev–Trinajstić information content (AvgIpc) is 2.74. The molecule has 1 heterocycles. The molecule has 2 N–H and O–H groups in total. The van der Waals surface area contributed by atoms with Crippen LogP contribution in [-0.4, -0.2) is 35.4 Å². The van der Waals surface area contributed by atoms with Gasteiger partial charge in [0.15, 0.2) is 22.4 Å². The van der Waals surface area contributed by atoms with Crippen LogP contribution < -0.4 is 10.6 Å². The number of benzene rings is 2. The van der Waals surface area contributed by atoms with Crippen molar-refractivity contribution in [3.05, 3.63) is 71.8 Å². The fourth-order valence-electron chi connectivity index (χ4n) is 3.57. The van der Waals surface area contributed by atoms with Gasteiger partial charge >= 0.3 is 5.97 Å². The Morgan fingerprint density at radius 2 is 1.72 bits per heavy atom. The molecule has 0 spiro atoms. The largest absolute Gasteiger partial charge is 0.467 e. The van der Waals surface area contributed by atoms with Gasteiger partial charge in [0.1, 0.15) is 0 Å². The smallest absolute Gasteiger partial charge is 0.334 e. The Hall–Kier alpha value is -3.57. The Bertz CT molecular complexity index is 1000. The standard InChI is InChI=1S/C21H17N3O4S/c1-28-19(27)21(15(12-22)18(26)23-20(29)24-21)16(13-8-4-2-5-9-13)17(25)14-10-6-3-7-11-14/h2-11,15-16H,1H3,(H2,23,24,26,29). The van der Waals surface area contributed by atoms with Crippen LogP contribution >= 0.6 is 12.2 Å². The van der Waals surface area contributed by atoms with Gasteiger partial charge in [-0.1, -0.05) is 60.7 Å². The van der Waals surface area contributed by atoms with Crippen LogP contribution in [0.15, 0.2) is 60.7 Å². The third kappa shape index (κ3) is 3.48. The van der Waals surface area contributed by atoms with E-state index in [0.717, 1.165) is 7.11 Å². The Morgan fingerprint density at radius 3 is 2.28 bits per heavy atom. The lowest BCUT2D eigenvalue weighted by Crippen LogP contribution is -2.73. The molecular weight excluding hydrogens is 390 g/mol. The number of ether oxygens (including phenoxy) is 1. The summed E-state index contributed by atoms with van der Waals surface area (Å²) in [6.07, 6.45) is 0. The first-order chi connectivity index (χ1) is 14.0. The maximum atomic E-state index is 13.6. The number of hydrogen-bond donors (Lipinski definition) is 2.